The Labute approximate surface area is 130 Å². The standard InChI is InChI=1S/C17H21N3O2/c1-12-4-5-13(2)16(8-12)20-17(21)14-9-15(11-18-10-14)19-6-7-22-3/h4-5,8-11,19H,6-7H2,1-3H3,(H,20,21). The molecular weight excluding hydrogens is 278 g/mol. The van der Waals surface area contributed by atoms with Crippen molar-refractivity contribution in [3.05, 3.63) is 53.3 Å². The fraction of sp³-hybridized carbons (Fsp3) is 0.294. The second-order valence-electron chi connectivity index (χ2n) is 5.15. The zero-order valence-corrected chi connectivity index (χ0v) is 13.1. The van der Waals surface area contributed by atoms with E-state index in [1.807, 2.05) is 32.0 Å². The zero-order valence-electron chi connectivity index (χ0n) is 13.1. The van der Waals surface area contributed by atoms with Crippen molar-refractivity contribution in [2.45, 2.75) is 13.8 Å². The van der Waals surface area contributed by atoms with E-state index in [1.165, 1.54) is 0 Å². The number of nitrogens with zero attached hydrogens (tertiary/aromatic N) is 1. The molecule has 1 heterocycles. The number of methoxy groups -OCH3 is 1. The number of aryl methyl sites for hydroxylation is 2. The van der Waals surface area contributed by atoms with Crippen molar-refractivity contribution in [1.29, 1.82) is 0 Å². The van der Waals surface area contributed by atoms with Gasteiger partial charge in [0.05, 0.1) is 17.9 Å². The summed E-state index contributed by atoms with van der Waals surface area (Å²) in [5, 5.41) is 6.09. The van der Waals surface area contributed by atoms with Crippen molar-refractivity contribution in [3.8, 4) is 0 Å². The molecule has 2 N–H and O–H groups in total. The first-order valence-electron chi connectivity index (χ1n) is 7.16. The Balaban J connectivity index is 2.09. The van der Waals surface area contributed by atoms with Crippen LogP contribution in [0.5, 0.6) is 0 Å². The van der Waals surface area contributed by atoms with Gasteiger partial charge >= 0.3 is 0 Å². The van der Waals surface area contributed by atoms with Crippen molar-refractivity contribution in [3.63, 3.8) is 0 Å². The number of carbonyl (C=O) groups excluding carboxylic acids is 1. The van der Waals surface area contributed by atoms with Gasteiger partial charge in [0.25, 0.3) is 5.91 Å². The van der Waals surface area contributed by atoms with Gasteiger partial charge in [-0.25, -0.2) is 0 Å². The largest absolute Gasteiger partial charge is 0.383 e. The molecular formula is C17H21N3O2. The van der Waals surface area contributed by atoms with Crippen molar-refractivity contribution in [2.75, 3.05) is 30.9 Å². The number of ether oxygens (including phenoxy) is 1. The minimum atomic E-state index is -0.170. The Hall–Kier alpha value is -2.40. The maximum absolute atomic E-state index is 12.4. The lowest BCUT2D eigenvalue weighted by atomic mass is 10.1. The van der Waals surface area contributed by atoms with Crippen LogP contribution in [0.1, 0.15) is 21.5 Å². The minimum Gasteiger partial charge on any atom is -0.383 e. The Morgan fingerprint density at radius 1 is 1.23 bits per heavy atom. The van der Waals surface area contributed by atoms with Crippen LogP contribution in [-0.4, -0.2) is 31.2 Å². The van der Waals surface area contributed by atoms with E-state index in [1.54, 1.807) is 25.6 Å². The lowest BCUT2D eigenvalue weighted by molar-refractivity contribution is 0.102. The molecule has 5 nitrogen and oxygen atoms in total. The minimum absolute atomic E-state index is 0.170. The molecule has 0 unspecified atom stereocenters. The number of pyridine rings is 1. The Morgan fingerprint density at radius 3 is 2.82 bits per heavy atom. The first kappa shape index (κ1) is 16.0. The van der Waals surface area contributed by atoms with Crippen LogP contribution in [0.25, 0.3) is 0 Å². The lowest BCUT2D eigenvalue weighted by Crippen LogP contribution is -2.14. The molecule has 0 aliphatic carbocycles. The highest BCUT2D eigenvalue weighted by Crippen LogP contribution is 2.18. The maximum Gasteiger partial charge on any atom is 0.257 e. The molecule has 1 aromatic heterocycles. The normalized spacial score (nSPS) is 10.3. The molecule has 2 aromatic rings. The van der Waals surface area contributed by atoms with Crippen LogP contribution in [0, 0.1) is 13.8 Å². The molecule has 0 saturated heterocycles. The number of amides is 1. The van der Waals surface area contributed by atoms with Crippen LogP contribution in [0.15, 0.2) is 36.7 Å². The highest BCUT2D eigenvalue weighted by atomic mass is 16.5. The van der Waals surface area contributed by atoms with E-state index in [2.05, 4.69) is 15.6 Å². The molecule has 0 fully saturated rings. The van der Waals surface area contributed by atoms with Crippen molar-refractivity contribution in [1.82, 2.24) is 4.98 Å². The number of anilines is 2. The highest BCUT2D eigenvalue weighted by molar-refractivity contribution is 6.05. The molecule has 22 heavy (non-hydrogen) atoms. The number of rotatable bonds is 6. The average Bonchev–Trinajstić information content (AvgIpc) is 2.51. The van der Waals surface area contributed by atoms with Crippen LogP contribution in [0.3, 0.4) is 0 Å². The Morgan fingerprint density at radius 2 is 2.05 bits per heavy atom. The van der Waals surface area contributed by atoms with Crippen molar-refractivity contribution >= 4 is 17.3 Å². The molecule has 5 heteroatoms. The van der Waals surface area contributed by atoms with Gasteiger partial charge in [-0.2, -0.15) is 0 Å². The first-order valence-corrected chi connectivity index (χ1v) is 7.16. The summed E-state index contributed by atoms with van der Waals surface area (Å²) in [4.78, 5) is 16.5. The summed E-state index contributed by atoms with van der Waals surface area (Å²) < 4.78 is 4.98. The SMILES string of the molecule is COCCNc1cncc(C(=O)Nc2cc(C)ccc2C)c1. The zero-order chi connectivity index (χ0) is 15.9. The molecule has 0 spiro atoms. The third kappa shape index (κ3) is 4.30. The molecule has 2 rings (SSSR count). The second kappa shape index (κ2) is 7.56. The highest BCUT2D eigenvalue weighted by Gasteiger charge is 2.09. The predicted octanol–water partition coefficient (Wildman–Crippen LogP) is 3.01. The van der Waals surface area contributed by atoms with Gasteiger partial charge in [0.1, 0.15) is 0 Å². The van der Waals surface area contributed by atoms with Crippen molar-refractivity contribution in [2.24, 2.45) is 0 Å². The van der Waals surface area contributed by atoms with E-state index in [0.717, 1.165) is 22.5 Å². The summed E-state index contributed by atoms with van der Waals surface area (Å²) in [6, 6.07) is 7.75. The van der Waals surface area contributed by atoms with Gasteiger partial charge in [0, 0.05) is 31.7 Å². The Kier molecular flexibility index (Phi) is 5.49. The van der Waals surface area contributed by atoms with E-state index in [0.29, 0.717) is 18.7 Å². The number of nitrogens with one attached hydrogen (secondary N) is 2. The van der Waals surface area contributed by atoms with E-state index < -0.39 is 0 Å². The molecule has 0 aliphatic rings. The summed E-state index contributed by atoms with van der Waals surface area (Å²) in [7, 11) is 1.65. The summed E-state index contributed by atoms with van der Waals surface area (Å²) in [6.07, 6.45) is 3.24. The fourth-order valence-electron chi connectivity index (χ4n) is 2.02. The second-order valence-corrected chi connectivity index (χ2v) is 5.15. The van der Waals surface area contributed by atoms with E-state index in [9.17, 15) is 4.79 Å². The van der Waals surface area contributed by atoms with Gasteiger partial charge in [-0.15, -0.1) is 0 Å². The average molecular weight is 299 g/mol. The molecule has 0 bridgehead atoms. The monoisotopic (exact) mass is 299 g/mol. The molecule has 0 radical (unpaired) electrons. The number of hydrogen-bond donors (Lipinski definition) is 2. The van der Waals surface area contributed by atoms with E-state index in [4.69, 9.17) is 4.74 Å². The number of hydrogen-bond acceptors (Lipinski definition) is 4. The molecule has 0 aliphatic heterocycles. The van der Waals surface area contributed by atoms with Gasteiger partial charge < -0.3 is 15.4 Å². The smallest absolute Gasteiger partial charge is 0.257 e. The third-order valence-corrected chi connectivity index (χ3v) is 3.28. The van der Waals surface area contributed by atoms with Crippen LogP contribution >= 0.6 is 0 Å². The van der Waals surface area contributed by atoms with Gasteiger partial charge in [0.2, 0.25) is 0 Å². The molecule has 0 atom stereocenters. The number of aromatic nitrogens is 1. The summed E-state index contributed by atoms with van der Waals surface area (Å²) >= 11 is 0. The quantitative estimate of drug-likeness (QED) is 0.805. The first-order chi connectivity index (χ1) is 10.6. The molecule has 1 aromatic carbocycles. The van der Waals surface area contributed by atoms with Crippen LogP contribution < -0.4 is 10.6 Å². The summed E-state index contributed by atoms with van der Waals surface area (Å²) in [5.41, 5.74) is 4.27. The van der Waals surface area contributed by atoms with Crippen LogP contribution in [0.2, 0.25) is 0 Å². The van der Waals surface area contributed by atoms with Crippen LogP contribution in [0.4, 0.5) is 11.4 Å². The lowest BCUT2D eigenvalue weighted by Gasteiger charge is -2.10. The summed E-state index contributed by atoms with van der Waals surface area (Å²) in [6.45, 7) is 5.23. The van der Waals surface area contributed by atoms with Crippen molar-refractivity contribution < 1.29 is 9.53 Å². The van der Waals surface area contributed by atoms with E-state index >= 15 is 0 Å². The van der Waals surface area contributed by atoms with E-state index in [-0.39, 0.29) is 5.91 Å². The number of carbonyl (C=O) groups is 1. The Bertz CT molecular complexity index is 656. The van der Waals surface area contributed by atoms with Gasteiger partial charge in [-0.3, -0.25) is 9.78 Å². The van der Waals surface area contributed by atoms with Crippen LogP contribution in [-0.2, 0) is 4.74 Å². The molecule has 116 valence electrons. The third-order valence-electron chi connectivity index (χ3n) is 3.28. The maximum atomic E-state index is 12.4. The summed E-state index contributed by atoms with van der Waals surface area (Å²) in [5.74, 6) is -0.170. The van der Waals surface area contributed by atoms with Gasteiger partial charge in [-0.1, -0.05) is 12.1 Å². The van der Waals surface area contributed by atoms with Gasteiger partial charge in [0.15, 0.2) is 0 Å². The van der Waals surface area contributed by atoms with Gasteiger partial charge in [-0.05, 0) is 37.1 Å². The molecule has 0 saturated carbocycles. The fourth-order valence-corrected chi connectivity index (χ4v) is 2.02. The molecule has 1 amide bonds. The number of benzene rings is 1. The predicted molar refractivity (Wildman–Crippen MR) is 88.5 cm³/mol. The topological polar surface area (TPSA) is 63.2 Å².